The molecule has 0 aliphatic heterocycles. The summed E-state index contributed by atoms with van der Waals surface area (Å²) in [5.74, 6) is 0.0884. The minimum absolute atomic E-state index is 0.136. The van der Waals surface area contributed by atoms with Crippen LogP contribution >= 0.6 is 11.6 Å². The Morgan fingerprint density at radius 3 is 2.77 bits per heavy atom. The lowest BCUT2D eigenvalue weighted by Gasteiger charge is -2.08. The number of nitrogens with zero attached hydrogens (tertiary/aromatic N) is 2. The number of benzene rings is 1. The van der Waals surface area contributed by atoms with E-state index in [4.69, 9.17) is 20.8 Å². The summed E-state index contributed by atoms with van der Waals surface area (Å²) >= 11 is 5.90. The summed E-state index contributed by atoms with van der Waals surface area (Å²) < 4.78 is 24.3. The fourth-order valence-corrected chi connectivity index (χ4v) is 2.45. The summed E-state index contributed by atoms with van der Waals surface area (Å²) in [5.41, 5.74) is 0.768. The lowest BCUT2D eigenvalue weighted by Crippen LogP contribution is -2.29. The Balaban J connectivity index is 1.43. The molecule has 0 aliphatic rings. The van der Waals surface area contributed by atoms with Crippen LogP contribution in [-0.2, 0) is 11.2 Å². The van der Waals surface area contributed by atoms with Gasteiger partial charge in [0, 0.05) is 16.7 Å². The molecule has 0 unspecified atom stereocenters. The van der Waals surface area contributed by atoms with Crippen molar-refractivity contribution in [2.45, 2.75) is 6.42 Å². The average Bonchev–Trinajstić information content (AvgIpc) is 3.17. The van der Waals surface area contributed by atoms with Gasteiger partial charge in [-0.25, -0.2) is 4.39 Å². The number of hydrogen-bond acceptors (Lipinski definition) is 5. The molecule has 2 heterocycles. The average molecular weight is 376 g/mol. The van der Waals surface area contributed by atoms with Gasteiger partial charge in [0.2, 0.25) is 11.8 Å². The van der Waals surface area contributed by atoms with Crippen LogP contribution in [0, 0.1) is 5.82 Å². The third-order valence-corrected chi connectivity index (χ3v) is 3.84. The molecule has 3 aromatic rings. The second-order valence-corrected chi connectivity index (χ2v) is 5.72. The highest BCUT2D eigenvalue weighted by atomic mass is 35.5. The van der Waals surface area contributed by atoms with Gasteiger partial charge in [-0.1, -0.05) is 17.7 Å². The molecular formula is C18H15ClFN3O3. The van der Waals surface area contributed by atoms with Crippen molar-refractivity contribution < 1.29 is 18.3 Å². The van der Waals surface area contributed by atoms with E-state index in [-0.39, 0.29) is 36.1 Å². The molecule has 1 aromatic carbocycles. The van der Waals surface area contributed by atoms with E-state index >= 15 is 0 Å². The van der Waals surface area contributed by atoms with Gasteiger partial charge in [0.05, 0.1) is 19.2 Å². The van der Waals surface area contributed by atoms with Crippen LogP contribution in [0.15, 0.2) is 53.1 Å². The van der Waals surface area contributed by atoms with E-state index in [2.05, 4.69) is 15.5 Å². The molecule has 6 nitrogen and oxygen atoms in total. The predicted octanol–water partition coefficient (Wildman–Crippen LogP) is 3.27. The van der Waals surface area contributed by atoms with E-state index in [0.29, 0.717) is 17.3 Å². The summed E-state index contributed by atoms with van der Waals surface area (Å²) in [6.07, 6.45) is 1.42. The number of amides is 1. The van der Waals surface area contributed by atoms with Crippen LogP contribution in [0.4, 0.5) is 4.39 Å². The van der Waals surface area contributed by atoms with Crippen LogP contribution < -0.4 is 10.1 Å². The first-order valence-electron chi connectivity index (χ1n) is 7.83. The normalized spacial score (nSPS) is 10.5. The van der Waals surface area contributed by atoms with Gasteiger partial charge >= 0.3 is 0 Å². The second kappa shape index (κ2) is 8.44. The fourth-order valence-electron chi connectivity index (χ4n) is 2.22. The maximum atomic E-state index is 13.6. The zero-order valence-electron chi connectivity index (χ0n) is 13.6. The van der Waals surface area contributed by atoms with Gasteiger partial charge in [-0.2, -0.15) is 0 Å². The number of furan rings is 1. The van der Waals surface area contributed by atoms with Crippen molar-refractivity contribution in [2.75, 3.05) is 13.2 Å². The van der Waals surface area contributed by atoms with Crippen LogP contribution in [0.5, 0.6) is 5.88 Å². The molecule has 2 aromatic heterocycles. The highest BCUT2D eigenvalue weighted by Gasteiger charge is 2.11. The molecule has 0 fully saturated rings. The Kier molecular flexibility index (Phi) is 5.80. The van der Waals surface area contributed by atoms with Crippen molar-refractivity contribution >= 4 is 17.5 Å². The molecular weight excluding hydrogens is 361 g/mol. The summed E-state index contributed by atoms with van der Waals surface area (Å²) in [6.45, 7) is 0.443. The van der Waals surface area contributed by atoms with Crippen molar-refractivity contribution in [2.24, 2.45) is 0 Å². The van der Waals surface area contributed by atoms with Crippen LogP contribution in [0.1, 0.15) is 5.56 Å². The van der Waals surface area contributed by atoms with Gasteiger partial charge in [0.1, 0.15) is 18.1 Å². The van der Waals surface area contributed by atoms with Crippen molar-refractivity contribution in [1.82, 2.24) is 15.5 Å². The predicted molar refractivity (Wildman–Crippen MR) is 93.4 cm³/mol. The molecule has 0 radical (unpaired) electrons. The van der Waals surface area contributed by atoms with Crippen LogP contribution in [0.3, 0.4) is 0 Å². The molecule has 0 saturated heterocycles. The van der Waals surface area contributed by atoms with Crippen molar-refractivity contribution in [3.8, 4) is 17.3 Å². The number of carbonyl (C=O) groups is 1. The molecule has 134 valence electrons. The zero-order chi connectivity index (χ0) is 18.4. The Morgan fingerprint density at radius 2 is 2.08 bits per heavy atom. The molecule has 1 amide bonds. The summed E-state index contributed by atoms with van der Waals surface area (Å²) in [5, 5.41) is 10.8. The van der Waals surface area contributed by atoms with Crippen LogP contribution in [0.2, 0.25) is 5.02 Å². The molecule has 1 N–H and O–H groups in total. The van der Waals surface area contributed by atoms with E-state index in [1.807, 2.05) is 0 Å². The Morgan fingerprint density at radius 1 is 1.19 bits per heavy atom. The lowest BCUT2D eigenvalue weighted by molar-refractivity contribution is -0.120. The first-order chi connectivity index (χ1) is 12.6. The quantitative estimate of drug-likeness (QED) is 0.641. The Hall–Kier alpha value is -2.93. The maximum Gasteiger partial charge on any atom is 0.233 e. The van der Waals surface area contributed by atoms with Gasteiger partial charge in [0.25, 0.3) is 0 Å². The second-order valence-electron chi connectivity index (χ2n) is 5.31. The number of aromatic nitrogens is 2. The SMILES string of the molecule is O=C(Cc1c(F)cccc1Cl)NCCOc1ccc(-c2ccco2)nn1. The van der Waals surface area contributed by atoms with Gasteiger partial charge in [-0.15, -0.1) is 10.2 Å². The topological polar surface area (TPSA) is 77.2 Å². The summed E-state index contributed by atoms with van der Waals surface area (Å²) in [7, 11) is 0. The molecule has 0 aliphatic carbocycles. The highest BCUT2D eigenvalue weighted by molar-refractivity contribution is 6.31. The molecule has 26 heavy (non-hydrogen) atoms. The number of nitrogens with one attached hydrogen (secondary N) is 1. The molecule has 0 bridgehead atoms. The zero-order valence-corrected chi connectivity index (χ0v) is 14.4. The van der Waals surface area contributed by atoms with Crippen molar-refractivity contribution in [3.63, 3.8) is 0 Å². The number of ether oxygens (including phenoxy) is 1. The summed E-state index contributed by atoms with van der Waals surface area (Å²) in [6, 6.07) is 11.2. The van der Waals surface area contributed by atoms with E-state index in [0.717, 1.165) is 0 Å². The third kappa shape index (κ3) is 4.58. The number of carbonyl (C=O) groups excluding carboxylic acids is 1. The van der Waals surface area contributed by atoms with E-state index in [1.54, 1.807) is 36.6 Å². The van der Waals surface area contributed by atoms with E-state index in [9.17, 15) is 9.18 Å². The van der Waals surface area contributed by atoms with Gasteiger partial charge in [-0.3, -0.25) is 4.79 Å². The van der Waals surface area contributed by atoms with Gasteiger partial charge in [0.15, 0.2) is 5.76 Å². The van der Waals surface area contributed by atoms with Gasteiger partial charge in [-0.05, 0) is 30.3 Å². The number of hydrogen-bond donors (Lipinski definition) is 1. The van der Waals surface area contributed by atoms with Crippen LogP contribution in [-0.4, -0.2) is 29.3 Å². The minimum atomic E-state index is -0.504. The summed E-state index contributed by atoms with van der Waals surface area (Å²) in [4.78, 5) is 11.9. The Labute approximate surface area is 154 Å². The number of rotatable bonds is 7. The molecule has 0 atom stereocenters. The molecule has 0 spiro atoms. The van der Waals surface area contributed by atoms with Gasteiger partial charge < -0.3 is 14.5 Å². The minimum Gasteiger partial charge on any atom is -0.475 e. The van der Waals surface area contributed by atoms with E-state index < -0.39 is 5.82 Å². The molecule has 3 rings (SSSR count). The molecule has 0 saturated carbocycles. The first-order valence-corrected chi connectivity index (χ1v) is 8.21. The lowest BCUT2D eigenvalue weighted by atomic mass is 10.1. The fraction of sp³-hybridized carbons (Fsp3) is 0.167. The smallest absolute Gasteiger partial charge is 0.233 e. The van der Waals surface area contributed by atoms with Crippen molar-refractivity contribution in [1.29, 1.82) is 0 Å². The largest absolute Gasteiger partial charge is 0.475 e. The number of halogens is 2. The Bertz CT molecular complexity index is 850. The van der Waals surface area contributed by atoms with E-state index in [1.165, 1.54) is 12.1 Å². The monoisotopic (exact) mass is 375 g/mol. The highest BCUT2D eigenvalue weighted by Crippen LogP contribution is 2.19. The third-order valence-electron chi connectivity index (χ3n) is 3.49. The first kappa shape index (κ1) is 17.9. The molecule has 8 heteroatoms. The standard InChI is InChI=1S/C18H15ClFN3O3/c19-13-3-1-4-14(20)12(13)11-17(24)21-8-10-26-18-7-6-15(22-23-18)16-5-2-9-25-16/h1-7,9H,8,10-11H2,(H,21,24). The maximum absolute atomic E-state index is 13.6. The van der Waals surface area contributed by atoms with Crippen molar-refractivity contribution in [3.05, 3.63) is 65.1 Å². The van der Waals surface area contributed by atoms with Crippen LogP contribution in [0.25, 0.3) is 11.5 Å².